The van der Waals surface area contributed by atoms with Crippen molar-refractivity contribution in [3.8, 4) is 0 Å². The van der Waals surface area contributed by atoms with Crippen LogP contribution < -0.4 is 4.90 Å². The van der Waals surface area contributed by atoms with Gasteiger partial charge in [0.15, 0.2) is 0 Å². The molecular formula is C12H17ClN2. The van der Waals surface area contributed by atoms with Crippen LogP contribution in [0, 0.1) is 6.92 Å². The Morgan fingerprint density at radius 2 is 2.33 bits per heavy atom. The molecule has 1 fully saturated rings. The molecule has 0 N–H and O–H groups in total. The van der Waals surface area contributed by atoms with Gasteiger partial charge < -0.3 is 4.90 Å². The summed E-state index contributed by atoms with van der Waals surface area (Å²) < 4.78 is 0. The fraction of sp³-hybridized carbons (Fsp3) is 0.583. The summed E-state index contributed by atoms with van der Waals surface area (Å²) in [6.45, 7) is 3.01. The molecule has 2 rings (SSSR count). The van der Waals surface area contributed by atoms with Crippen molar-refractivity contribution in [2.24, 2.45) is 0 Å². The molecule has 1 aliphatic carbocycles. The van der Waals surface area contributed by atoms with E-state index in [1.165, 1.54) is 24.8 Å². The van der Waals surface area contributed by atoms with Gasteiger partial charge >= 0.3 is 0 Å². The first-order valence-corrected chi connectivity index (χ1v) is 6.10. The molecule has 3 heteroatoms. The fourth-order valence-electron chi connectivity index (χ4n) is 1.95. The molecule has 0 aliphatic heterocycles. The van der Waals surface area contributed by atoms with Crippen LogP contribution in [0.1, 0.15) is 24.8 Å². The molecule has 1 aliphatic rings. The maximum atomic E-state index is 5.84. The third kappa shape index (κ3) is 2.43. The largest absolute Gasteiger partial charge is 0.352 e. The van der Waals surface area contributed by atoms with Gasteiger partial charge in [0.1, 0.15) is 5.82 Å². The SMILES string of the molecule is Cc1ccnc(N(CCCl)C2CCC2)c1. The number of hydrogen-bond donors (Lipinski definition) is 0. The average molecular weight is 225 g/mol. The van der Waals surface area contributed by atoms with Crippen LogP contribution in [0.25, 0.3) is 0 Å². The number of rotatable bonds is 4. The van der Waals surface area contributed by atoms with Crippen LogP contribution in [0.3, 0.4) is 0 Å². The maximum absolute atomic E-state index is 5.84. The second-order valence-corrected chi connectivity index (χ2v) is 4.54. The van der Waals surface area contributed by atoms with E-state index in [0.29, 0.717) is 11.9 Å². The summed E-state index contributed by atoms with van der Waals surface area (Å²) in [5, 5.41) is 0. The molecule has 1 heterocycles. The number of aryl methyl sites for hydroxylation is 1. The molecule has 0 amide bonds. The number of pyridine rings is 1. The molecule has 0 spiro atoms. The normalized spacial score (nSPS) is 16.1. The molecule has 82 valence electrons. The first kappa shape index (κ1) is 10.7. The molecule has 15 heavy (non-hydrogen) atoms. The molecule has 2 nitrogen and oxygen atoms in total. The van der Waals surface area contributed by atoms with Crippen LogP contribution in [0.2, 0.25) is 0 Å². The summed E-state index contributed by atoms with van der Waals surface area (Å²) in [7, 11) is 0. The van der Waals surface area contributed by atoms with E-state index in [0.717, 1.165) is 12.4 Å². The Morgan fingerprint density at radius 1 is 1.53 bits per heavy atom. The van der Waals surface area contributed by atoms with Gasteiger partial charge in [-0.2, -0.15) is 0 Å². The minimum Gasteiger partial charge on any atom is -0.352 e. The maximum Gasteiger partial charge on any atom is 0.129 e. The quantitative estimate of drug-likeness (QED) is 0.731. The summed E-state index contributed by atoms with van der Waals surface area (Å²) in [5.74, 6) is 1.76. The molecule has 0 atom stereocenters. The van der Waals surface area contributed by atoms with E-state index in [9.17, 15) is 0 Å². The highest BCUT2D eigenvalue weighted by atomic mass is 35.5. The molecule has 1 saturated carbocycles. The smallest absolute Gasteiger partial charge is 0.129 e. The van der Waals surface area contributed by atoms with E-state index in [-0.39, 0.29) is 0 Å². The van der Waals surface area contributed by atoms with Gasteiger partial charge in [0.25, 0.3) is 0 Å². The van der Waals surface area contributed by atoms with Crippen molar-refractivity contribution in [3.63, 3.8) is 0 Å². The van der Waals surface area contributed by atoms with Gasteiger partial charge in [0, 0.05) is 24.7 Å². The average Bonchev–Trinajstić information content (AvgIpc) is 2.14. The number of anilines is 1. The third-order valence-corrected chi connectivity index (χ3v) is 3.21. The lowest BCUT2D eigenvalue weighted by atomic mass is 9.91. The Morgan fingerprint density at radius 3 is 2.87 bits per heavy atom. The third-order valence-electron chi connectivity index (χ3n) is 3.04. The topological polar surface area (TPSA) is 16.1 Å². The summed E-state index contributed by atoms with van der Waals surface area (Å²) in [6.07, 6.45) is 5.79. The number of hydrogen-bond acceptors (Lipinski definition) is 2. The van der Waals surface area contributed by atoms with Crippen molar-refractivity contribution in [2.75, 3.05) is 17.3 Å². The Balaban J connectivity index is 2.15. The predicted molar refractivity (Wildman–Crippen MR) is 64.7 cm³/mol. The highest BCUT2D eigenvalue weighted by Crippen LogP contribution is 2.28. The number of aromatic nitrogens is 1. The highest BCUT2D eigenvalue weighted by Gasteiger charge is 2.25. The zero-order chi connectivity index (χ0) is 10.7. The zero-order valence-electron chi connectivity index (χ0n) is 9.12. The molecule has 0 unspecified atom stereocenters. The first-order valence-electron chi connectivity index (χ1n) is 5.56. The Labute approximate surface area is 96.3 Å². The lowest BCUT2D eigenvalue weighted by Crippen LogP contribution is -2.41. The second kappa shape index (κ2) is 4.84. The Kier molecular flexibility index (Phi) is 3.47. The van der Waals surface area contributed by atoms with E-state index in [1.807, 2.05) is 12.3 Å². The lowest BCUT2D eigenvalue weighted by Gasteiger charge is -2.38. The first-order chi connectivity index (χ1) is 7.31. The van der Waals surface area contributed by atoms with Gasteiger partial charge in [0.05, 0.1) is 0 Å². The number of nitrogens with zero attached hydrogens (tertiary/aromatic N) is 2. The van der Waals surface area contributed by atoms with Crippen molar-refractivity contribution in [1.29, 1.82) is 0 Å². The molecule has 1 aromatic heterocycles. The molecule has 1 aromatic rings. The lowest BCUT2D eigenvalue weighted by molar-refractivity contribution is 0.388. The summed E-state index contributed by atoms with van der Waals surface area (Å²) in [5.41, 5.74) is 1.26. The van der Waals surface area contributed by atoms with Crippen LogP contribution in [0.15, 0.2) is 18.3 Å². The van der Waals surface area contributed by atoms with Crippen molar-refractivity contribution >= 4 is 17.4 Å². The molecular weight excluding hydrogens is 208 g/mol. The van der Waals surface area contributed by atoms with Crippen LogP contribution in [-0.4, -0.2) is 23.5 Å². The Hall–Kier alpha value is -0.760. The molecule has 0 radical (unpaired) electrons. The van der Waals surface area contributed by atoms with Crippen molar-refractivity contribution < 1.29 is 0 Å². The monoisotopic (exact) mass is 224 g/mol. The van der Waals surface area contributed by atoms with Gasteiger partial charge in [-0.15, -0.1) is 11.6 Å². The zero-order valence-corrected chi connectivity index (χ0v) is 9.87. The van der Waals surface area contributed by atoms with E-state index in [1.54, 1.807) is 0 Å². The summed E-state index contributed by atoms with van der Waals surface area (Å²) >= 11 is 5.84. The van der Waals surface area contributed by atoms with Gasteiger partial charge in [0.2, 0.25) is 0 Å². The molecule has 0 bridgehead atoms. The van der Waals surface area contributed by atoms with Gasteiger partial charge in [-0.3, -0.25) is 0 Å². The standard InChI is InChI=1S/C12H17ClN2/c1-10-5-7-14-12(9-10)15(8-6-13)11-3-2-4-11/h5,7,9,11H,2-4,6,8H2,1H3. The van der Waals surface area contributed by atoms with Crippen molar-refractivity contribution in [3.05, 3.63) is 23.9 Å². The minimum absolute atomic E-state index is 0.665. The fourth-order valence-corrected chi connectivity index (χ4v) is 2.13. The van der Waals surface area contributed by atoms with E-state index in [2.05, 4.69) is 22.9 Å². The van der Waals surface area contributed by atoms with Crippen molar-refractivity contribution in [2.45, 2.75) is 32.2 Å². The summed E-state index contributed by atoms with van der Waals surface area (Å²) in [4.78, 5) is 6.78. The Bertz CT molecular complexity index is 323. The molecule has 0 saturated heterocycles. The van der Waals surface area contributed by atoms with E-state index < -0.39 is 0 Å². The molecule has 0 aromatic carbocycles. The number of alkyl halides is 1. The van der Waals surface area contributed by atoms with Gasteiger partial charge in [-0.05, 0) is 43.9 Å². The van der Waals surface area contributed by atoms with Gasteiger partial charge in [-0.25, -0.2) is 4.98 Å². The van der Waals surface area contributed by atoms with E-state index in [4.69, 9.17) is 11.6 Å². The van der Waals surface area contributed by atoms with E-state index >= 15 is 0 Å². The van der Waals surface area contributed by atoms with Crippen LogP contribution in [-0.2, 0) is 0 Å². The predicted octanol–water partition coefficient (Wildman–Crippen LogP) is 2.99. The van der Waals surface area contributed by atoms with Crippen LogP contribution in [0.4, 0.5) is 5.82 Å². The van der Waals surface area contributed by atoms with Crippen molar-refractivity contribution in [1.82, 2.24) is 4.98 Å². The second-order valence-electron chi connectivity index (χ2n) is 4.16. The minimum atomic E-state index is 0.665. The van der Waals surface area contributed by atoms with Gasteiger partial charge in [-0.1, -0.05) is 0 Å². The van der Waals surface area contributed by atoms with Crippen LogP contribution in [0.5, 0.6) is 0 Å². The summed E-state index contributed by atoms with van der Waals surface area (Å²) in [6, 6.07) is 4.84. The number of halogens is 1. The highest BCUT2D eigenvalue weighted by molar-refractivity contribution is 6.18. The van der Waals surface area contributed by atoms with Crippen LogP contribution >= 0.6 is 11.6 Å².